The summed E-state index contributed by atoms with van der Waals surface area (Å²) in [4.78, 5) is 38.0. The van der Waals surface area contributed by atoms with E-state index in [1.807, 2.05) is 0 Å². The number of rotatable bonds is 5. The average Bonchev–Trinajstić information content (AvgIpc) is 2.71. The molecule has 0 saturated carbocycles. The number of amides is 1. The number of halogens is 3. The van der Waals surface area contributed by atoms with Crippen molar-refractivity contribution in [2.75, 3.05) is 6.54 Å². The highest BCUT2D eigenvalue weighted by Crippen LogP contribution is 2.29. The van der Waals surface area contributed by atoms with Gasteiger partial charge in [-0.05, 0) is 36.8 Å². The van der Waals surface area contributed by atoms with E-state index >= 15 is 0 Å². The first kappa shape index (κ1) is 21.0. The van der Waals surface area contributed by atoms with Crippen LogP contribution in [0.1, 0.15) is 28.5 Å². The lowest BCUT2D eigenvalue weighted by atomic mass is 10.2. The first-order chi connectivity index (χ1) is 14.2. The van der Waals surface area contributed by atoms with Crippen LogP contribution in [0.3, 0.4) is 0 Å². The Bertz CT molecular complexity index is 1170. The van der Waals surface area contributed by atoms with Gasteiger partial charge in [0, 0.05) is 6.54 Å². The van der Waals surface area contributed by atoms with Gasteiger partial charge in [0.15, 0.2) is 0 Å². The number of carbonyl (C=O) groups is 1. The van der Waals surface area contributed by atoms with E-state index in [1.54, 1.807) is 37.3 Å². The monoisotopic (exact) mass is 418 g/mol. The fourth-order valence-corrected chi connectivity index (χ4v) is 2.77. The highest BCUT2D eigenvalue weighted by atomic mass is 19.4. The van der Waals surface area contributed by atoms with Crippen molar-refractivity contribution in [3.8, 4) is 5.69 Å². The van der Waals surface area contributed by atoms with Crippen LogP contribution in [-0.4, -0.2) is 26.8 Å². The molecule has 2 aromatic carbocycles. The van der Waals surface area contributed by atoms with Gasteiger partial charge in [-0.3, -0.25) is 14.2 Å². The molecule has 0 aliphatic heterocycles. The molecule has 10 heteroatoms. The summed E-state index contributed by atoms with van der Waals surface area (Å²) in [6.45, 7) is 1.73. The lowest BCUT2D eigenvalue weighted by Crippen LogP contribution is -2.46. The van der Waals surface area contributed by atoms with Crippen LogP contribution in [-0.2, 0) is 12.7 Å². The fraction of sp³-hybridized carbons (Fsp3) is 0.200. The smallest absolute Gasteiger partial charge is 0.351 e. The molecular weight excluding hydrogens is 401 g/mol. The SMILES string of the molecule is CCNC(=O)c1nn(-c2ccc(C(F)(F)F)cc2)c(=O)n(Cc2ccccc2)c1=O. The van der Waals surface area contributed by atoms with Crippen LogP contribution < -0.4 is 16.6 Å². The van der Waals surface area contributed by atoms with Crippen molar-refractivity contribution in [3.63, 3.8) is 0 Å². The van der Waals surface area contributed by atoms with Gasteiger partial charge in [0.25, 0.3) is 11.5 Å². The molecule has 0 aliphatic rings. The summed E-state index contributed by atoms with van der Waals surface area (Å²) < 4.78 is 40.1. The Morgan fingerprint density at radius 1 is 1.03 bits per heavy atom. The number of nitrogens with zero attached hydrogens (tertiary/aromatic N) is 3. The molecule has 1 heterocycles. The molecule has 0 saturated heterocycles. The molecule has 0 atom stereocenters. The zero-order valence-corrected chi connectivity index (χ0v) is 15.8. The van der Waals surface area contributed by atoms with Crippen molar-refractivity contribution in [1.82, 2.24) is 19.7 Å². The first-order valence-electron chi connectivity index (χ1n) is 8.96. The van der Waals surface area contributed by atoms with E-state index in [0.717, 1.165) is 33.5 Å². The maximum absolute atomic E-state index is 12.9. The van der Waals surface area contributed by atoms with Crippen LogP contribution >= 0.6 is 0 Å². The van der Waals surface area contributed by atoms with E-state index in [1.165, 1.54) is 0 Å². The molecule has 1 aromatic heterocycles. The number of hydrogen-bond donors (Lipinski definition) is 1. The Morgan fingerprint density at radius 2 is 1.67 bits per heavy atom. The van der Waals surface area contributed by atoms with Gasteiger partial charge >= 0.3 is 11.9 Å². The van der Waals surface area contributed by atoms with E-state index in [2.05, 4.69) is 10.4 Å². The van der Waals surface area contributed by atoms with E-state index in [0.29, 0.717) is 5.56 Å². The predicted molar refractivity (Wildman–Crippen MR) is 103 cm³/mol. The Morgan fingerprint density at radius 3 is 2.23 bits per heavy atom. The number of carbonyl (C=O) groups excluding carboxylic acids is 1. The molecule has 3 rings (SSSR count). The van der Waals surface area contributed by atoms with Crippen molar-refractivity contribution in [2.24, 2.45) is 0 Å². The second-order valence-corrected chi connectivity index (χ2v) is 6.32. The standard InChI is InChI=1S/C20H17F3N4O3/c1-2-24-17(28)16-18(29)26(12-13-6-4-3-5-7-13)19(30)27(25-16)15-10-8-14(9-11-15)20(21,22)23/h3-11H,2,12H2,1H3,(H,24,28). The minimum absolute atomic E-state index is 0.0136. The summed E-state index contributed by atoms with van der Waals surface area (Å²) in [5.74, 6) is -0.787. The highest BCUT2D eigenvalue weighted by Gasteiger charge is 2.30. The van der Waals surface area contributed by atoms with E-state index in [-0.39, 0.29) is 18.8 Å². The van der Waals surface area contributed by atoms with Crippen LogP contribution in [0.15, 0.2) is 64.2 Å². The number of alkyl halides is 3. The molecule has 30 heavy (non-hydrogen) atoms. The lowest BCUT2D eigenvalue weighted by Gasteiger charge is -2.13. The third kappa shape index (κ3) is 4.32. The van der Waals surface area contributed by atoms with Crippen molar-refractivity contribution in [3.05, 3.63) is 92.3 Å². The first-order valence-corrected chi connectivity index (χ1v) is 8.96. The number of benzene rings is 2. The van der Waals surface area contributed by atoms with Gasteiger partial charge in [-0.15, -0.1) is 0 Å². The van der Waals surface area contributed by atoms with Crippen molar-refractivity contribution >= 4 is 5.91 Å². The largest absolute Gasteiger partial charge is 0.416 e. The fourth-order valence-electron chi connectivity index (χ4n) is 2.77. The number of hydrogen-bond acceptors (Lipinski definition) is 4. The second kappa shape index (κ2) is 8.36. The Labute approximate surface area is 168 Å². The predicted octanol–water partition coefficient (Wildman–Crippen LogP) is 2.21. The molecule has 156 valence electrons. The van der Waals surface area contributed by atoms with E-state index in [9.17, 15) is 27.6 Å². The van der Waals surface area contributed by atoms with Crippen LogP contribution in [0.5, 0.6) is 0 Å². The second-order valence-electron chi connectivity index (χ2n) is 6.32. The summed E-state index contributed by atoms with van der Waals surface area (Å²) in [6, 6.07) is 12.3. The third-order valence-electron chi connectivity index (χ3n) is 4.23. The lowest BCUT2D eigenvalue weighted by molar-refractivity contribution is -0.137. The maximum Gasteiger partial charge on any atom is 0.416 e. The average molecular weight is 418 g/mol. The zero-order valence-electron chi connectivity index (χ0n) is 15.8. The molecule has 0 aliphatic carbocycles. The molecule has 3 aromatic rings. The van der Waals surface area contributed by atoms with Crippen molar-refractivity contribution < 1.29 is 18.0 Å². The minimum atomic E-state index is -4.55. The summed E-state index contributed by atoms with van der Waals surface area (Å²) in [6.07, 6.45) is -4.55. The minimum Gasteiger partial charge on any atom is -0.351 e. The topological polar surface area (TPSA) is 86.0 Å². The number of nitrogens with one attached hydrogen (secondary N) is 1. The molecule has 0 fully saturated rings. The van der Waals surface area contributed by atoms with Gasteiger partial charge in [0.05, 0.1) is 17.8 Å². The molecule has 7 nitrogen and oxygen atoms in total. The van der Waals surface area contributed by atoms with Crippen molar-refractivity contribution in [2.45, 2.75) is 19.6 Å². The summed E-state index contributed by atoms with van der Waals surface area (Å²) >= 11 is 0. The molecule has 0 radical (unpaired) electrons. The highest BCUT2D eigenvalue weighted by molar-refractivity contribution is 5.91. The molecule has 0 unspecified atom stereocenters. The molecular formula is C20H17F3N4O3. The van der Waals surface area contributed by atoms with Gasteiger partial charge in [-0.2, -0.15) is 23.0 Å². The third-order valence-corrected chi connectivity index (χ3v) is 4.23. The van der Waals surface area contributed by atoms with Gasteiger partial charge in [-0.1, -0.05) is 30.3 Å². The van der Waals surface area contributed by atoms with E-state index < -0.39 is 34.6 Å². The summed E-state index contributed by atoms with van der Waals surface area (Å²) in [5, 5.41) is 6.27. The van der Waals surface area contributed by atoms with Crippen molar-refractivity contribution in [1.29, 1.82) is 0 Å². The molecule has 1 N–H and O–H groups in total. The summed E-state index contributed by atoms with van der Waals surface area (Å²) in [7, 11) is 0. The van der Waals surface area contributed by atoms with Gasteiger partial charge in [0.2, 0.25) is 5.69 Å². The van der Waals surface area contributed by atoms with Gasteiger partial charge in [0.1, 0.15) is 0 Å². The molecule has 0 bridgehead atoms. The normalized spacial score (nSPS) is 11.3. The van der Waals surface area contributed by atoms with Crippen LogP contribution in [0, 0.1) is 0 Å². The molecule has 0 spiro atoms. The Balaban J connectivity index is 2.18. The number of aromatic nitrogens is 3. The summed E-state index contributed by atoms with van der Waals surface area (Å²) in [5.41, 5.74) is -2.59. The van der Waals surface area contributed by atoms with E-state index in [4.69, 9.17) is 0 Å². The van der Waals surface area contributed by atoms with Crippen LogP contribution in [0.2, 0.25) is 0 Å². The molecule has 1 amide bonds. The van der Waals surface area contributed by atoms with Crippen LogP contribution in [0.4, 0.5) is 13.2 Å². The maximum atomic E-state index is 12.9. The Kier molecular flexibility index (Phi) is 5.86. The van der Waals surface area contributed by atoms with Crippen LogP contribution in [0.25, 0.3) is 5.69 Å². The zero-order chi connectivity index (χ0) is 21.9. The Hall–Kier alpha value is -3.69. The van der Waals surface area contributed by atoms with Gasteiger partial charge in [-0.25, -0.2) is 4.79 Å². The quantitative estimate of drug-likeness (QED) is 0.689. The van der Waals surface area contributed by atoms with Gasteiger partial charge < -0.3 is 5.32 Å².